The van der Waals surface area contributed by atoms with Gasteiger partial charge in [-0.05, 0) is 0 Å². The van der Waals surface area contributed by atoms with E-state index in [4.69, 9.17) is 5.73 Å². The number of nitrogens with one attached hydrogen (secondary N) is 1. The molecule has 0 amide bonds. The summed E-state index contributed by atoms with van der Waals surface area (Å²) in [5.41, 5.74) is 5.38. The summed E-state index contributed by atoms with van der Waals surface area (Å²) in [5.74, 6) is 0.898. The summed E-state index contributed by atoms with van der Waals surface area (Å²) < 4.78 is 1.64. The largest absolute Gasteiger partial charge is 0.396 e. The first-order valence-electron chi connectivity index (χ1n) is 5.85. The maximum atomic E-state index is 9.20. The second-order valence-corrected chi connectivity index (χ2v) is 4.96. The fraction of sp³-hybridized carbons (Fsp3) is 0.455. The minimum atomic E-state index is -0.267. The van der Waals surface area contributed by atoms with Crippen LogP contribution in [-0.4, -0.2) is 42.8 Å². The summed E-state index contributed by atoms with van der Waals surface area (Å²) in [6, 6.07) is 0. The van der Waals surface area contributed by atoms with Gasteiger partial charge in [0, 0.05) is 31.0 Å². The number of nitrogens with two attached hydrogens (primary N) is 1. The van der Waals surface area contributed by atoms with Crippen molar-refractivity contribution in [1.82, 2.24) is 24.5 Å². The molecule has 0 saturated heterocycles. The first kappa shape index (κ1) is 13.2. The normalized spacial score (nSPS) is 11.5. The van der Waals surface area contributed by atoms with Crippen LogP contribution in [0.5, 0.6) is 0 Å². The first-order valence-corrected chi connectivity index (χ1v) is 5.85. The minimum absolute atomic E-state index is 0.0644. The summed E-state index contributed by atoms with van der Waals surface area (Å²) in [6.45, 7) is 4.45. The van der Waals surface area contributed by atoms with Gasteiger partial charge in [-0.15, -0.1) is 0 Å². The molecule has 2 rings (SSSR count). The van der Waals surface area contributed by atoms with Gasteiger partial charge in [0.25, 0.3) is 0 Å². The van der Waals surface area contributed by atoms with Crippen LogP contribution in [0.3, 0.4) is 0 Å². The lowest BCUT2D eigenvalue weighted by atomic mass is 9.95. The highest BCUT2D eigenvalue weighted by molar-refractivity contribution is 5.35. The van der Waals surface area contributed by atoms with Gasteiger partial charge in [-0.3, -0.25) is 4.57 Å². The predicted molar refractivity (Wildman–Crippen MR) is 70.7 cm³/mol. The number of nitrogen functional groups attached to an aromatic ring is 1. The fourth-order valence-corrected chi connectivity index (χ4v) is 1.33. The number of aliphatic hydroxyl groups excluding tert-OH is 1. The van der Waals surface area contributed by atoms with Gasteiger partial charge in [0.05, 0.1) is 0 Å². The van der Waals surface area contributed by atoms with Crippen LogP contribution in [0.15, 0.2) is 18.7 Å². The molecule has 2 aromatic rings. The van der Waals surface area contributed by atoms with E-state index in [1.165, 1.54) is 0 Å². The van der Waals surface area contributed by atoms with E-state index in [2.05, 4.69) is 25.3 Å². The van der Waals surface area contributed by atoms with E-state index in [9.17, 15) is 5.11 Å². The van der Waals surface area contributed by atoms with Crippen LogP contribution in [0, 0.1) is 5.41 Å². The van der Waals surface area contributed by atoms with Gasteiger partial charge < -0.3 is 16.2 Å². The third-order valence-corrected chi connectivity index (χ3v) is 2.53. The van der Waals surface area contributed by atoms with Gasteiger partial charge in [0.1, 0.15) is 6.33 Å². The molecule has 0 fully saturated rings. The van der Waals surface area contributed by atoms with E-state index in [-0.39, 0.29) is 18.0 Å². The van der Waals surface area contributed by atoms with Crippen molar-refractivity contribution < 1.29 is 5.11 Å². The Morgan fingerprint density at radius 1 is 1.37 bits per heavy atom. The average Bonchev–Trinajstić information content (AvgIpc) is 2.90. The van der Waals surface area contributed by atoms with Crippen LogP contribution in [0.1, 0.15) is 13.8 Å². The molecule has 0 atom stereocenters. The zero-order chi connectivity index (χ0) is 13.9. The van der Waals surface area contributed by atoms with Gasteiger partial charge in [-0.2, -0.15) is 15.0 Å². The summed E-state index contributed by atoms with van der Waals surface area (Å²) in [5, 5.41) is 12.2. The van der Waals surface area contributed by atoms with Gasteiger partial charge in [-0.1, -0.05) is 13.8 Å². The standard InChI is InChI=1S/C11H17N7O/c1-11(2,6-19)5-14-9-15-8(12)16-10(17-9)18-4-3-13-7-18/h3-4,7,19H,5-6H2,1-2H3,(H3,12,14,15,16,17). The molecule has 0 saturated carbocycles. The number of anilines is 2. The lowest BCUT2D eigenvalue weighted by Crippen LogP contribution is -2.27. The van der Waals surface area contributed by atoms with Crippen LogP contribution in [-0.2, 0) is 0 Å². The SMILES string of the molecule is CC(C)(CO)CNc1nc(N)nc(-n2ccnc2)n1. The Hall–Kier alpha value is -2.22. The molecule has 0 aliphatic rings. The van der Waals surface area contributed by atoms with E-state index < -0.39 is 0 Å². The van der Waals surface area contributed by atoms with E-state index in [1.54, 1.807) is 23.3 Å². The van der Waals surface area contributed by atoms with Crippen molar-refractivity contribution in [2.45, 2.75) is 13.8 Å². The number of nitrogens with zero attached hydrogens (tertiary/aromatic N) is 5. The van der Waals surface area contributed by atoms with Crippen LogP contribution < -0.4 is 11.1 Å². The molecule has 102 valence electrons. The molecule has 0 spiro atoms. The Kier molecular flexibility index (Phi) is 3.61. The number of imidazole rings is 1. The lowest BCUT2D eigenvalue weighted by Gasteiger charge is -2.21. The highest BCUT2D eigenvalue weighted by Gasteiger charge is 2.17. The van der Waals surface area contributed by atoms with Crippen LogP contribution in [0.2, 0.25) is 0 Å². The third kappa shape index (κ3) is 3.38. The van der Waals surface area contributed by atoms with E-state index >= 15 is 0 Å². The predicted octanol–water partition coefficient (Wildman–Crippen LogP) is 0.0699. The molecule has 8 heteroatoms. The molecule has 0 aliphatic heterocycles. The number of hydrogen-bond acceptors (Lipinski definition) is 7. The second kappa shape index (κ2) is 5.19. The van der Waals surface area contributed by atoms with Crippen molar-refractivity contribution in [2.24, 2.45) is 5.41 Å². The summed E-state index contributed by atoms with van der Waals surface area (Å²) in [6.07, 6.45) is 4.92. The van der Waals surface area contributed by atoms with Gasteiger partial charge in [-0.25, -0.2) is 4.98 Å². The van der Waals surface area contributed by atoms with Crippen molar-refractivity contribution in [1.29, 1.82) is 0 Å². The zero-order valence-electron chi connectivity index (χ0n) is 10.9. The fourth-order valence-electron chi connectivity index (χ4n) is 1.33. The molecular formula is C11H17N7O. The van der Waals surface area contributed by atoms with E-state index in [0.717, 1.165) is 0 Å². The zero-order valence-corrected chi connectivity index (χ0v) is 10.9. The molecule has 4 N–H and O–H groups in total. The van der Waals surface area contributed by atoms with Gasteiger partial charge in [0.2, 0.25) is 17.8 Å². The Morgan fingerprint density at radius 3 is 2.79 bits per heavy atom. The quantitative estimate of drug-likeness (QED) is 0.699. The summed E-state index contributed by atoms with van der Waals surface area (Å²) >= 11 is 0. The molecule has 0 aromatic carbocycles. The van der Waals surface area contributed by atoms with Gasteiger partial charge >= 0.3 is 0 Å². The minimum Gasteiger partial charge on any atom is -0.396 e. The summed E-state index contributed by atoms with van der Waals surface area (Å²) in [7, 11) is 0. The van der Waals surface area contributed by atoms with E-state index in [1.807, 2.05) is 13.8 Å². The molecule has 2 aromatic heterocycles. The first-order chi connectivity index (χ1) is 9.00. The Morgan fingerprint density at radius 2 is 2.16 bits per heavy atom. The Bertz CT molecular complexity index is 538. The highest BCUT2D eigenvalue weighted by Crippen LogP contribution is 2.14. The molecule has 0 bridgehead atoms. The maximum Gasteiger partial charge on any atom is 0.241 e. The number of aliphatic hydroxyl groups is 1. The molecular weight excluding hydrogens is 246 g/mol. The monoisotopic (exact) mass is 263 g/mol. The molecule has 0 aliphatic carbocycles. The van der Waals surface area contributed by atoms with Crippen molar-refractivity contribution in [3.63, 3.8) is 0 Å². The molecule has 19 heavy (non-hydrogen) atoms. The maximum absolute atomic E-state index is 9.20. The van der Waals surface area contributed by atoms with Crippen molar-refractivity contribution in [3.8, 4) is 5.95 Å². The van der Waals surface area contributed by atoms with Crippen molar-refractivity contribution >= 4 is 11.9 Å². The Labute approximate surface area is 110 Å². The summed E-state index contributed by atoms with van der Waals surface area (Å²) in [4.78, 5) is 16.2. The smallest absolute Gasteiger partial charge is 0.241 e. The van der Waals surface area contributed by atoms with Crippen molar-refractivity contribution in [2.75, 3.05) is 24.2 Å². The van der Waals surface area contributed by atoms with Crippen LogP contribution in [0.25, 0.3) is 5.95 Å². The van der Waals surface area contributed by atoms with Crippen molar-refractivity contribution in [3.05, 3.63) is 18.7 Å². The number of rotatable bonds is 5. The topological polar surface area (TPSA) is 115 Å². The van der Waals surface area contributed by atoms with E-state index in [0.29, 0.717) is 18.4 Å². The molecule has 2 heterocycles. The van der Waals surface area contributed by atoms with Crippen LogP contribution >= 0.6 is 0 Å². The van der Waals surface area contributed by atoms with Crippen LogP contribution in [0.4, 0.5) is 11.9 Å². The Balaban J connectivity index is 2.18. The third-order valence-electron chi connectivity index (χ3n) is 2.53. The highest BCUT2D eigenvalue weighted by atomic mass is 16.3. The molecule has 0 unspecified atom stereocenters. The second-order valence-electron chi connectivity index (χ2n) is 4.96. The molecule has 0 radical (unpaired) electrons. The average molecular weight is 263 g/mol. The molecule has 8 nitrogen and oxygen atoms in total. The number of aromatic nitrogens is 5. The van der Waals surface area contributed by atoms with Gasteiger partial charge in [0.15, 0.2) is 0 Å². The lowest BCUT2D eigenvalue weighted by molar-refractivity contribution is 0.170. The number of hydrogen-bond donors (Lipinski definition) is 3.